The van der Waals surface area contributed by atoms with Crippen LogP contribution in [-0.4, -0.2) is 35.6 Å². The molecule has 0 bridgehead atoms. The van der Waals surface area contributed by atoms with Gasteiger partial charge in [-0.25, -0.2) is 13.1 Å². The van der Waals surface area contributed by atoms with Crippen LogP contribution in [-0.2, 0) is 9.84 Å². The van der Waals surface area contributed by atoms with Gasteiger partial charge in [0.2, 0.25) is 0 Å². The summed E-state index contributed by atoms with van der Waals surface area (Å²) < 4.78 is 25.6. The zero-order valence-electron chi connectivity index (χ0n) is 17.7. The van der Waals surface area contributed by atoms with Gasteiger partial charge in [-0.1, -0.05) is 35.9 Å². The number of anilines is 2. The molecule has 7 nitrogen and oxygen atoms in total. The molecule has 3 aromatic rings. The lowest BCUT2D eigenvalue weighted by Gasteiger charge is -2.38. The van der Waals surface area contributed by atoms with Crippen molar-refractivity contribution in [3.05, 3.63) is 76.1 Å². The van der Waals surface area contributed by atoms with Crippen molar-refractivity contribution in [3.63, 3.8) is 0 Å². The number of sulfone groups is 1. The smallest absolute Gasteiger partial charge is 0.262 e. The van der Waals surface area contributed by atoms with Crippen molar-refractivity contribution in [3.8, 4) is 0 Å². The SMILES string of the molecule is Cc1cccc(N2C(=O)c3ccccc3N[C@H]2c2c(C)nn([C@@H]3CCS(=O)(=O)C3)c2Cl)c1. The van der Waals surface area contributed by atoms with Gasteiger partial charge < -0.3 is 5.32 Å². The number of aromatic nitrogens is 2. The van der Waals surface area contributed by atoms with Crippen LogP contribution in [0.2, 0.25) is 5.15 Å². The summed E-state index contributed by atoms with van der Waals surface area (Å²) in [5, 5.41) is 8.42. The predicted octanol–water partition coefficient (Wildman–Crippen LogP) is 4.28. The molecule has 1 N–H and O–H groups in total. The first-order valence-electron chi connectivity index (χ1n) is 10.5. The Hall–Kier alpha value is -2.84. The van der Waals surface area contributed by atoms with E-state index in [0.29, 0.717) is 28.4 Å². The van der Waals surface area contributed by atoms with Gasteiger partial charge >= 0.3 is 0 Å². The van der Waals surface area contributed by atoms with Gasteiger partial charge in [-0.05, 0) is 50.1 Å². The van der Waals surface area contributed by atoms with Gasteiger partial charge in [0.1, 0.15) is 11.3 Å². The first-order valence-corrected chi connectivity index (χ1v) is 12.7. The minimum absolute atomic E-state index is 0.0226. The van der Waals surface area contributed by atoms with Crippen molar-refractivity contribution in [1.29, 1.82) is 0 Å². The molecule has 0 aliphatic carbocycles. The molecule has 5 rings (SSSR count). The number of nitrogens with zero attached hydrogens (tertiary/aromatic N) is 3. The first kappa shape index (κ1) is 21.0. The quantitative estimate of drug-likeness (QED) is 0.617. The Balaban J connectivity index is 1.65. The van der Waals surface area contributed by atoms with Crippen LogP contribution in [0.1, 0.15) is 45.8 Å². The van der Waals surface area contributed by atoms with E-state index in [1.807, 2.05) is 56.3 Å². The molecule has 0 saturated carbocycles. The van der Waals surface area contributed by atoms with Gasteiger partial charge in [-0.2, -0.15) is 5.10 Å². The largest absolute Gasteiger partial charge is 0.360 e. The maximum Gasteiger partial charge on any atom is 0.262 e. The zero-order chi connectivity index (χ0) is 22.6. The molecular formula is C23H23ClN4O3S. The first-order chi connectivity index (χ1) is 15.2. The third kappa shape index (κ3) is 3.47. The van der Waals surface area contributed by atoms with Gasteiger partial charge in [0.05, 0.1) is 34.4 Å². The van der Waals surface area contributed by atoms with E-state index in [0.717, 1.165) is 16.9 Å². The van der Waals surface area contributed by atoms with Crippen molar-refractivity contribution >= 4 is 38.7 Å². The number of benzene rings is 2. The molecule has 0 radical (unpaired) electrons. The van der Waals surface area contributed by atoms with E-state index < -0.39 is 16.0 Å². The minimum atomic E-state index is -3.10. The van der Waals surface area contributed by atoms with Crippen molar-refractivity contribution in [1.82, 2.24) is 9.78 Å². The van der Waals surface area contributed by atoms with Crippen LogP contribution < -0.4 is 10.2 Å². The third-order valence-corrected chi connectivity index (χ3v) is 8.23. The molecule has 2 aromatic carbocycles. The predicted molar refractivity (Wildman–Crippen MR) is 125 cm³/mol. The Morgan fingerprint density at radius 1 is 1.12 bits per heavy atom. The highest BCUT2D eigenvalue weighted by atomic mass is 35.5. The van der Waals surface area contributed by atoms with Crippen molar-refractivity contribution in [2.24, 2.45) is 0 Å². The monoisotopic (exact) mass is 470 g/mol. The summed E-state index contributed by atoms with van der Waals surface area (Å²) >= 11 is 6.82. The highest BCUT2D eigenvalue weighted by Crippen LogP contribution is 2.41. The summed E-state index contributed by atoms with van der Waals surface area (Å²) in [5.41, 5.74) is 4.39. The molecule has 2 aliphatic heterocycles. The lowest BCUT2D eigenvalue weighted by Crippen LogP contribution is -2.43. The van der Waals surface area contributed by atoms with Gasteiger partial charge in [0, 0.05) is 11.4 Å². The molecule has 166 valence electrons. The molecule has 3 heterocycles. The van der Waals surface area contributed by atoms with E-state index in [4.69, 9.17) is 11.6 Å². The molecule has 1 amide bonds. The standard InChI is InChI=1S/C23H23ClN4O3S/c1-14-6-5-7-16(12-14)27-22(25-19-9-4-3-8-18(19)23(27)29)20-15(2)26-28(21(20)24)17-10-11-32(30,31)13-17/h3-9,12,17,22,25H,10-11,13H2,1-2H3/t17-,22-/m1/s1. The van der Waals surface area contributed by atoms with E-state index in [-0.39, 0.29) is 23.5 Å². The number of rotatable bonds is 3. The van der Waals surface area contributed by atoms with Crippen LogP contribution in [0.5, 0.6) is 0 Å². The number of hydrogen-bond acceptors (Lipinski definition) is 5. The number of hydrogen-bond donors (Lipinski definition) is 1. The molecule has 1 saturated heterocycles. The van der Waals surface area contributed by atoms with Crippen LogP contribution in [0.25, 0.3) is 0 Å². The average molecular weight is 471 g/mol. The van der Waals surface area contributed by atoms with Crippen LogP contribution in [0.4, 0.5) is 11.4 Å². The zero-order valence-corrected chi connectivity index (χ0v) is 19.3. The van der Waals surface area contributed by atoms with Gasteiger partial charge in [-0.15, -0.1) is 0 Å². The third-order valence-electron chi connectivity index (χ3n) is 6.11. The second kappa shape index (κ2) is 7.64. The topological polar surface area (TPSA) is 84.3 Å². The Morgan fingerprint density at radius 2 is 1.91 bits per heavy atom. The lowest BCUT2D eigenvalue weighted by atomic mass is 10.0. The Bertz CT molecular complexity index is 1330. The van der Waals surface area contributed by atoms with Crippen LogP contribution in [0.15, 0.2) is 48.5 Å². The van der Waals surface area contributed by atoms with Crippen LogP contribution in [0.3, 0.4) is 0 Å². The van der Waals surface area contributed by atoms with E-state index in [1.165, 1.54) is 0 Å². The summed E-state index contributed by atoms with van der Waals surface area (Å²) in [6.45, 7) is 3.81. The average Bonchev–Trinajstić information content (AvgIpc) is 3.25. The number of para-hydroxylation sites is 1. The molecule has 9 heteroatoms. The highest BCUT2D eigenvalue weighted by Gasteiger charge is 2.39. The second-order valence-corrected chi connectivity index (χ2v) is 11.0. The Kier molecular flexibility index (Phi) is 5.02. The fourth-order valence-corrected chi connectivity index (χ4v) is 6.66. The highest BCUT2D eigenvalue weighted by molar-refractivity contribution is 7.91. The number of aryl methyl sites for hydroxylation is 2. The lowest BCUT2D eigenvalue weighted by molar-refractivity contribution is 0.0975. The minimum Gasteiger partial charge on any atom is -0.360 e. The molecule has 0 spiro atoms. The number of amides is 1. The van der Waals surface area contributed by atoms with Gasteiger partial charge in [0.25, 0.3) is 5.91 Å². The number of carbonyl (C=O) groups is 1. The van der Waals surface area contributed by atoms with E-state index in [2.05, 4.69) is 10.4 Å². The fraction of sp³-hybridized carbons (Fsp3) is 0.304. The molecule has 0 unspecified atom stereocenters. The molecule has 2 atom stereocenters. The summed E-state index contributed by atoms with van der Waals surface area (Å²) in [5.74, 6) is 0.0153. The summed E-state index contributed by atoms with van der Waals surface area (Å²) in [6.07, 6.45) is -0.109. The van der Waals surface area contributed by atoms with E-state index in [9.17, 15) is 13.2 Å². The molecular weight excluding hydrogens is 448 g/mol. The van der Waals surface area contributed by atoms with Gasteiger partial charge in [0.15, 0.2) is 9.84 Å². The van der Waals surface area contributed by atoms with E-state index >= 15 is 0 Å². The number of halogens is 1. The normalized spacial score (nSPS) is 22.0. The summed E-state index contributed by atoms with van der Waals surface area (Å²) in [7, 11) is -3.10. The Labute approximate surface area is 191 Å². The number of nitrogens with one attached hydrogen (secondary N) is 1. The fourth-order valence-electron chi connectivity index (χ4n) is 4.55. The summed E-state index contributed by atoms with van der Waals surface area (Å²) in [6, 6.07) is 14.8. The van der Waals surface area contributed by atoms with Crippen LogP contribution >= 0.6 is 11.6 Å². The molecule has 2 aliphatic rings. The number of fused-ring (bicyclic) bond motifs is 1. The molecule has 32 heavy (non-hydrogen) atoms. The molecule has 1 fully saturated rings. The molecule has 1 aromatic heterocycles. The van der Waals surface area contributed by atoms with Crippen LogP contribution in [0, 0.1) is 13.8 Å². The van der Waals surface area contributed by atoms with Gasteiger partial charge in [-0.3, -0.25) is 9.69 Å². The van der Waals surface area contributed by atoms with Crippen molar-refractivity contribution in [2.45, 2.75) is 32.5 Å². The Morgan fingerprint density at radius 3 is 2.62 bits per heavy atom. The van der Waals surface area contributed by atoms with Crippen molar-refractivity contribution < 1.29 is 13.2 Å². The van der Waals surface area contributed by atoms with Crippen molar-refractivity contribution in [2.75, 3.05) is 21.7 Å². The maximum atomic E-state index is 13.6. The maximum absolute atomic E-state index is 13.6. The van der Waals surface area contributed by atoms with E-state index in [1.54, 1.807) is 15.6 Å². The number of carbonyl (C=O) groups excluding carboxylic acids is 1. The second-order valence-electron chi connectivity index (χ2n) is 8.40. The summed E-state index contributed by atoms with van der Waals surface area (Å²) in [4.78, 5) is 15.3.